The van der Waals surface area contributed by atoms with Gasteiger partial charge in [0.05, 0.1) is 11.1 Å². The van der Waals surface area contributed by atoms with Crippen LogP contribution in [0.5, 0.6) is 0 Å². The maximum absolute atomic E-state index is 6.19. The Balaban J connectivity index is 1.27. The largest absolute Gasteiger partial charge is 0.381 e. The second kappa shape index (κ2) is 7.23. The topological polar surface area (TPSA) is 35.4 Å². The third-order valence-corrected chi connectivity index (χ3v) is 7.09. The van der Waals surface area contributed by atoms with Gasteiger partial charge in [-0.05, 0) is 69.5 Å². The van der Waals surface area contributed by atoms with E-state index in [0.717, 1.165) is 58.5 Å². The summed E-state index contributed by atoms with van der Waals surface area (Å²) in [5, 5.41) is 5.35. The van der Waals surface area contributed by atoms with Gasteiger partial charge in [-0.15, -0.1) is 0 Å². The van der Waals surface area contributed by atoms with E-state index in [9.17, 15) is 0 Å². The molecule has 1 N–H and O–H groups in total. The fourth-order valence-electron chi connectivity index (χ4n) is 5.60. The Labute approximate surface area is 162 Å². The first-order valence-electron chi connectivity index (χ1n) is 10.8. The highest BCUT2D eigenvalue weighted by atomic mass is 16.5. The van der Waals surface area contributed by atoms with Crippen LogP contribution in [0.25, 0.3) is 10.9 Å². The zero-order valence-corrected chi connectivity index (χ0v) is 16.6. The molecule has 3 aliphatic rings. The highest BCUT2D eigenvalue weighted by Gasteiger charge is 2.38. The lowest BCUT2D eigenvalue weighted by atomic mass is 9.84. The van der Waals surface area contributed by atoms with Crippen LogP contribution in [0.1, 0.15) is 48.9 Å². The number of nitrogens with one attached hydrogen (secondary N) is 1. The van der Waals surface area contributed by atoms with E-state index in [2.05, 4.69) is 35.0 Å². The summed E-state index contributed by atoms with van der Waals surface area (Å²) in [6.45, 7) is 7.15. The molecule has 0 bridgehead atoms. The Kier molecular flexibility index (Phi) is 4.75. The Bertz CT molecular complexity index is 814. The van der Waals surface area contributed by atoms with Gasteiger partial charge in [0, 0.05) is 43.5 Å². The van der Waals surface area contributed by atoms with Gasteiger partial charge in [0.25, 0.3) is 0 Å². The van der Waals surface area contributed by atoms with Crippen LogP contribution in [0.4, 0.5) is 0 Å². The van der Waals surface area contributed by atoms with Crippen LogP contribution in [-0.4, -0.2) is 42.6 Å². The molecule has 4 heteroatoms. The van der Waals surface area contributed by atoms with Crippen LogP contribution >= 0.6 is 0 Å². The third kappa shape index (κ3) is 3.22. The van der Waals surface area contributed by atoms with Gasteiger partial charge >= 0.3 is 0 Å². The predicted molar refractivity (Wildman–Crippen MR) is 108 cm³/mol. The van der Waals surface area contributed by atoms with Crippen molar-refractivity contribution in [2.75, 3.05) is 26.4 Å². The Morgan fingerprint density at radius 2 is 2.11 bits per heavy atom. The maximum Gasteiger partial charge on any atom is 0.0741 e. The fraction of sp³-hybridized carbons (Fsp3) is 0.652. The highest BCUT2D eigenvalue weighted by molar-refractivity contribution is 5.88. The molecule has 5 rings (SSSR count). The van der Waals surface area contributed by atoms with Crippen LogP contribution in [0, 0.1) is 6.92 Å². The molecule has 27 heavy (non-hydrogen) atoms. The number of hydrogen-bond donors (Lipinski definition) is 1. The van der Waals surface area contributed by atoms with Crippen LogP contribution in [-0.2, 0) is 28.9 Å². The Hall–Kier alpha value is -1.36. The van der Waals surface area contributed by atoms with Crippen LogP contribution in [0.3, 0.4) is 0 Å². The molecule has 2 saturated heterocycles. The lowest BCUT2D eigenvalue weighted by Crippen LogP contribution is -2.50. The summed E-state index contributed by atoms with van der Waals surface area (Å²) in [7, 11) is 0. The molecule has 1 aromatic heterocycles. The number of aryl methyl sites for hydroxylation is 2. The summed E-state index contributed by atoms with van der Waals surface area (Å²) in [6, 6.07) is 7.47. The van der Waals surface area contributed by atoms with Crippen molar-refractivity contribution in [3.05, 3.63) is 35.0 Å². The molecule has 2 aromatic rings. The van der Waals surface area contributed by atoms with Gasteiger partial charge in [-0.1, -0.05) is 18.2 Å². The van der Waals surface area contributed by atoms with Crippen LogP contribution < -0.4 is 5.32 Å². The summed E-state index contributed by atoms with van der Waals surface area (Å²) in [5.41, 5.74) is 6.14. The number of ether oxygens (including phenoxy) is 2. The van der Waals surface area contributed by atoms with E-state index >= 15 is 0 Å². The first-order valence-corrected chi connectivity index (χ1v) is 10.8. The second-order valence-corrected chi connectivity index (χ2v) is 8.67. The minimum Gasteiger partial charge on any atom is -0.381 e. The molecular formula is C23H32N2O2. The second-order valence-electron chi connectivity index (χ2n) is 8.67. The standard InChI is InChI=1S/C23H32N2O2/c1-17-20(21-6-2-4-18-5-3-12-25(17)22(18)21)7-11-24-19-8-13-27-23(16-19)9-14-26-15-10-23/h2,4,6,19,24H,3,5,7-16H2,1H3. The van der Waals surface area contributed by atoms with Crippen molar-refractivity contribution in [1.29, 1.82) is 0 Å². The third-order valence-electron chi connectivity index (χ3n) is 7.09. The zero-order valence-electron chi connectivity index (χ0n) is 16.6. The summed E-state index contributed by atoms with van der Waals surface area (Å²) in [4.78, 5) is 0. The van der Waals surface area contributed by atoms with Gasteiger partial charge in [0.1, 0.15) is 0 Å². The molecular weight excluding hydrogens is 336 g/mol. The molecule has 3 aliphatic heterocycles. The zero-order chi connectivity index (χ0) is 18.3. The van der Waals surface area contributed by atoms with Crippen LogP contribution in [0.15, 0.2) is 18.2 Å². The average Bonchev–Trinajstić information content (AvgIpc) is 2.97. The summed E-state index contributed by atoms with van der Waals surface area (Å²) >= 11 is 0. The number of aromatic nitrogens is 1. The van der Waals surface area contributed by atoms with Crippen LogP contribution in [0.2, 0.25) is 0 Å². The maximum atomic E-state index is 6.19. The van der Waals surface area contributed by atoms with E-state index in [1.54, 1.807) is 5.56 Å². The fourth-order valence-corrected chi connectivity index (χ4v) is 5.60. The summed E-state index contributed by atoms with van der Waals surface area (Å²) < 4.78 is 14.3. The van der Waals surface area contributed by atoms with Crippen molar-refractivity contribution in [1.82, 2.24) is 9.88 Å². The Morgan fingerprint density at radius 1 is 1.22 bits per heavy atom. The summed E-state index contributed by atoms with van der Waals surface area (Å²) in [5.74, 6) is 0. The minimum atomic E-state index is 0.0771. The number of benzene rings is 1. The number of rotatable bonds is 4. The number of hydrogen-bond acceptors (Lipinski definition) is 3. The van der Waals surface area contributed by atoms with Gasteiger partial charge in [-0.25, -0.2) is 0 Å². The monoisotopic (exact) mass is 368 g/mol. The van der Waals surface area contributed by atoms with Gasteiger partial charge in [-0.3, -0.25) is 0 Å². The lowest BCUT2D eigenvalue weighted by molar-refractivity contribution is -0.140. The summed E-state index contributed by atoms with van der Waals surface area (Å²) in [6.07, 6.45) is 8.00. The minimum absolute atomic E-state index is 0.0771. The van der Waals surface area contributed by atoms with Gasteiger partial charge in [-0.2, -0.15) is 0 Å². The smallest absolute Gasteiger partial charge is 0.0741 e. The molecule has 2 fully saturated rings. The Morgan fingerprint density at radius 3 is 3.00 bits per heavy atom. The van der Waals surface area contributed by atoms with Gasteiger partial charge < -0.3 is 19.4 Å². The normalized spacial score (nSPS) is 24.6. The quantitative estimate of drug-likeness (QED) is 0.893. The first-order chi connectivity index (χ1) is 13.3. The van der Waals surface area contributed by atoms with Crippen molar-refractivity contribution < 1.29 is 9.47 Å². The van der Waals surface area contributed by atoms with Crippen molar-refractivity contribution in [2.24, 2.45) is 0 Å². The van der Waals surface area contributed by atoms with Crippen molar-refractivity contribution in [2.45, 2.75) is 70.1 Å². The average molecular weight is 369 g/mol. The van der Waals surface area contributed by atoms with E-state index in [4.69, 9.17) is 9.47 Å². The molecule has 1 spiro atoms. The van der Waals surface area contributed by atoms with E-state index in [0.29, 0.717) is 6.04 Å². The van der Waals surface area contributed by atoms with E-state index in [1.165, 1.54) is 41.5 Å². The van der Waals surface area contributed by atoms with Gasteiger partial charge in [0.2, 0.25) is 0 Å². The SMILES string of the molecule is Cc1c(CCNC2CCOC3(CCOCC3)C2)c2cccc3c2n1CCC3. The molecule has 1 aromatic carbocycles. The first kappa shape index (κ1) is 17.7. The lowest BCUT2D eigenvalue weighted by Gasteiger charge is -2.43. The molecule has 1 unspecified atom stereocenters. The van der Waals surface area contributed by atoms with Crippen molar-refractivity contribution in [3.8, 4) is 0 Å². The highest BCUT2D eigenvalue weighted by Crippen LogP contribution is 2.35. The van der Waals surface area contributed by atoms with E-state index in [1.807, 2.05) is 0 Å². The number of nitrogens with zero attached hydrogens (tertiary/aromatic N) is 1. The molecule has 4 heterocycles. The van der Waals surface area contributed by atoms with Gasteiger partial charge in [0.15, 0.2) is 0 Å². The molecule has 0 aliphatic carbocycles. The van der Waals surface area contributed by atoms with Crippen molar-refractivity contribution >= 4 is 10.9 Å². The number of para-hydroxylation sites is 1. The van der Waals surface area contributed by atoms with E-state index < -0.39 is 0 Å². The molecule has 146 valence electrons. The predicted octanol–water partition coefficient (Wildman–Crippen LogP) is 3.76. The van der Waals surface area contributed by atoms with E-state index in [-0.39, 0.29) is 5.60 Å². The molecule has 1 atom stereocenters. The molecule has 0 amide bonds. The molecule has 0 radical (unpaired) electrons. The molecule has 4 nitrogen and oxygen atoms in total. The molecule has 0 saturated carbocycles. The van der Waals surface area contributed by atoms with Crippen molar-refractivity contribution in [3.63, 3.8) is 0 Å².